The summed E-state index contributed by atoms with van der Waals surface area (Å²) in [4.78, 5) is 20.4. The zero-order valence-corrected chi connectivity index (χ0v) is 12.3. The van der Waals surface area contributed by atoms with E-state index >= 15 is 0 Å². The van der Waals surface area contributed by atoms with Gasteiger partial charge in [0.05, 0.1) is 12.1 Å². The summed E-state index contributed by atoms with van der Waals surface area (Å²) in [6.07, 6.45) is 3.60. The maximum absolute atomic E-state index is 12.8. The predicted molar refractivity (Wildman–Crippen MR) is 84.1 cm³/mol. The molecular formula is C16H12FN3OS. The number of carbonyl (C=O) groups is 1. The molecule has 0 radical (unpaired) electrons. The monoisotopic (exact) mass is 313 g/mol. The molecule has 1 amide bonds. The molecule has 0 saturated carbocycles. The summed E-state index contributed by atoms with van der Waals surface area (Å²) < 4.78 is 12.8. The van der Waals surface area contributed by atoms with Crippen molar-refractivity contribution in [3.8, 4) is 11.3 Å². The van der Waals surface area contributed by atoms with E-state index in [0.29, 0.717) is 5.13 Å². The van der Waals surface area contributed by atoms with E-state index < -0.39 is 0 Å². The Hall–Kier alpha value is -2.60. The number of thiazole rings is 1. The Morgan fingerprint density at radius 3 is 2.77 bits per heavy atom. The highest BCUT2D eigenvalue weighted by Gasteiger charge is 2.09. The Kier molecular flexibility index (Phi) is 4.20. The number of pyridine rings is 1. The van der Waals surface area contributed by atoms with Crippen LogP contribution in [0.25, 0.3) is 11.3 Å². The molecule has 4 nitrogen and oxygen atoms in total. The van der Waals surface area contributed by atoms with E-state index in [1.165, 1.54) is 23.5 Å². The molecule has 22 heavy (non-hydrogen) atoms. The number of amides is 1. The smallest absolute Gasteiger partial charge is 0.230 e. The Morgan fingerprint density at radius 2 is 2.05 bits per heavy atom. The summed E-state index contributed by atoms with van der Waals surface area (Å²) in [5.41, 5.74) is 2.43. The first kappa shape index (κ1) is 14.3. The third kappa shape index (κ3) is 3.53. The quantitative estimate of drug-likeness (QED) is 0.801. The van der Waals surface area contributed by atoms with Crippen molar-refractivity contribution in [2.45, 2.75) is 6.42 Å². The number of halogens is 1. The van der Waals surface area contributed by atoms with Gasteiger partial charge in [0.2, 0.25) is 5.91 Å². The average Bonchev–Trinajstić information content (AvgIpc) is 2.99. The number of anilines is 1. The van der Waals surface area contributed by atoms with Crippen molar-refractivity contribution in [2.24, 2.45) is 0 Å². The first-order chi connectivity index (χ1) is 10.7. The fraction of sp³-hybridized carbons (Fsp3) is 0.0625. The van der Waals surface area contributed by atoms with Crippen LogP contribution < -0.4 is 5.32 Å². The van der Waals surface area contributed by atoms with Crippen LogP contribution in [0, 0.1) is 5.82 Å². The summed E-state index contributed by atoms with van der Waals surface area (Å²) in [5.74, 6) is -0.496. The molecule has 1 N–H and O–H groups in total. The van der Waals surface area contributed by atoms with Crippen molar-refractivity contribution in [3.63, 3.8) is 0 Å². The van der Waals surface area contributed by atoms with Gasteiger partial charge in [-0.05, 0) is 29.8 Å². The van der Waals surface area contributed by atoms with Crippen LogP contribution in [0.2, 0.25) is 0 Å². The van der Waals surface area contributed by atoms with Crippen molar-refractivity contribution in [2.75, 3.05) is 5.32 Å². The van der Waals surface area contributed by atoms with Gasteiger partial charge in [0.25, 0.3) is 0 Å². The molecule has 0 aliphatic heterocycles. The van der Waals surface area contributed by atoms with Crippen LogP contribution in [0.5, 0.6) is 0 Å². The van der Waals surface area contributed by atoms with Crippen LogP contribution in [-0.2, 0) is 11.2 Å². The highest BCUT2D eigenvalue weighted by Crippen LogP contribution is 2.24. The molecule has 110 valence electrons. The number of hydrogen-bond acceptors (Lipinski definition) is 4. The third-order valence-electron chi connectivity index (χ3n) is 2.99. The van der Waals surface area contributed by atoms with Crippen LogP contribution in [0.3, 0.4) is 0 Å². The summed E-state index contributed by atoms with van der Waals surface area (Å²) in [6.45, 7) is 0. The summed E-state index contributed by atoms with van der Waals surface area (Å²) in [7, 11) is 0. The Balaban J connectivity index is 1.65. The lowest BCUT2D eigenvalue weighted by atomic mass is 10.1. The summed E-state index contributed by atoms with van der Waals surface area (Å²) in [6, 6.07) is 9.61. The highest BCUT2D eigenvalue weighted by molar-refractivity contribution is 7.14. The third-order valence-corrected chi connectivity index (χ3v) is 3.74. The zero-order valence-electron chi connectivity index (χ0n) is 11.5. The normalized spacial score (nSPS) is 10.4. The summed E-state index contributed by atoms with van der Waals surface area (Å²) >= 11 is 1.35. The van der Waals surface area contributed by atoms with Crippen molar-refractivity contribution in [1.29, 1.82) is 0 Å². The van der Waals surface area contributed by atoms with Crippen molar-refractivity contribution in [3.05, 3.63) is 65.6 Å². The minimum absolute atomic E-state index is 0.182. The number of hydrogen-bond donors (Lipinski definition) is 1. The molecule has 2 heterocycles. The molecule has 0 fully saturated rings. The van der Waals surface area contributed by atoms with Gasteiger partial charge in [-0.15, -0.1) is 11.3 Å². The van der Waals surface area contributed by atoms with Gasteiger partial charge in [0.1, 0.15) is 5.82 Å². The molecule has 0 aliphatic rings. The van der Waals surface area contributed by atoms with E-state index in [1.807, 2.05) is 17.5 Å². The first-order valence-electron chi connectivity index (χ1n) is 6.61. The van der Waals surface area contributed by atoms with Crippen LogP contribution in [0.1, 0.15) is 5.56 Å². The van der Waals surface area contributed by atoms with Gasteiger partial charge in [-0.2, -0.15) is 0 Å². The van der Waals surface area contributed by atoms with Crippen molar-refractivity contribution >= 4 is 22.4 Å². The number of carbonyl (C=O) groups excluding carboxylic acids is 1. The van der Waals surface area contributed by atoms with Crippen LogP contribution in [0.15, 0.2) is 54.2 Å². The van der Waals surface area contributed by atoms with Gasteiger partial charge < -0.3 is 5.32 Å². The molecule has 1 aromatic carbocycles. The van der Waals surface area contributed by atoms with Gasteiger partial charge in [-0.1, -0.05) is 12.1 Å². The largest absolute Gasteiger partial charge is 0.302 e. The van der Waals surface area contributed by atoms with Gasteiger partial charge in [0.15, 0.2) is 5.13 Å². The predicted octanol–water partition coefficient (Wildman–Crippen LogP) is 3.53. The second-order valence-electron chi connectivity index (χ2n) is 4.63. The fourth-order valence-electron chi connectivity index (χ4n) is 1.93. The molecule has 2 aromatic heterocycles. The van der Waals surface area contributed by atoms with E-state index in [0.717, 1.165) is 16.8 Å². The Bertz CT molecular complexity index is 772. The van der Waals surface area contributed by atoms with Gasteiger partial charge in [-0.25, -0.2) is 9.37 Å². The van der Waals surface area contributed by atoms with E-state index in [2.05, 4.69) is 15.3 Å². The molecule has 0 aliphatic carbocycles. The SMILES string of the molecule is O=C(Cc1ccc(F)cc1)Nc1nc(-c2cccnc2)cs1. The molecule has 0 atom stereocenters. The number of benzene rings is 1. The van der Waals surface area contributed by atoms with E-state index in [9.17, 15) is 9.18 Å². The highest BCUT2D eigenvalue weighted by atomic mass is 32.1. The minimum atomic E-state index is -0.315. The number of nitrogens with one attached hydrogen (secondary N) is 1. The molecule has 0 saturated heterocycles. The number of nitrogens with zero attached hydrogens (tertiary/aromatic N) is 2. The molecular weight excluding hydrogens is 301 g/mol. The molecule has 3 aromatic rings. The lowest BCUT2D eigenvalue weighted by Crippen LogP contribution is -2.14. The summed E-state index contributed by atoms with van der Waals surface area (Å²) in [5, 5.41) is 5.15. The lowest BCUT2D eigenvalue weighted by Gasteiger charge is -2.02. The molecule has 3 rings (SSSR count). The topological polar surface area (TPSA) is 54.9 Å². The molecule has 0 unspecified atom stereocenters. The van der Waals surface area contributed by atoms with Crippen LogP contribution in [-0.4, -0.2) is 15.9 Å². The van der Waals surface area contributed by atoms with E-state index in [-0.39, 0.29) is 18.1 Å². The molecule has 0 spiro atoms. The lowest BCUT2D eigenvalue weighted by molar-refractivity contribution is -0.115. The standard InChI is InChI=1S/C16H12FN3OS/c17-13-5-3-11(4-6-13)8-15(21)20-16-19-14(10-22-16)12-2-1-7-18-9-12/h1-7,9-10H,8H2,(H,19,20,21). The van der Waals surface area contributed by atoms with Gasteiger partial charge in [0, 0.05) is 23.3 Å². The molecule has 0 bridgehead atoms. The first-order valence-corrected chi connectivity index (χ1v) is 7.49. The van der Waals surface area contributed by atoms with Crippen LogP contribution >= 0.6 is 11.3 Å². The van der Waals surface area contributed by atoms with Crippen molar-refractivity contribution < 1.29 is 9.18 Å². The second kappa shape index (κ2) is 6.44. The van der Waals surface area contributed by atoms with Crippen LogP contribution in [0.4, 0.5) is 9.52 Å². The average molecular weight is 313 g/mol. The van der Waals surface area contributed by atoms with Gasteiger partial charge in [-0.3, -0.25) is 9.78 Å². The Morgan fingerprint density at radius 1 is 1.23 bits per heavy atom. The van der Waals surface area contributed by atoms with E-state index in [4.69, 9.17) is 0 Å². The van der Waals surface area contributed by atoms with E-state index in [1.54, 1.807) is 24.5 Å². The maximum atomic E-state index is 12.8. The second-order valence-corrected chi connectivity index (χ2v) is 5.49. The fourth-order valence-corrected chi connectivity index (χ4v) is 2.66. The zero-order chi connectivity index (χ0) is 15.4. The number of rotatable bonds is 4. The maximum Gasteiger partial charge on any atom is 0.230 e. The Labute approximate surface area is 130 Å². The van der Waals surface area contributed by atoms with Gasteiger partial charge >= 0.3 is 0 Å². The minimum Gasteiger partial charge on any atom is -0.302 e. The molecule has 6 heteroatoms. The number of aromatic nitrogens is 2. The van der Waals surface area contributed by atoms with Crippen molar-refractivity contribution in [1.82, 2.24) is 9.97 Å².